The predicted molar refractivity (Wildman–Crippen MR) is 77.0 cm³/mol. The third-order valence-electron chi connectivity index (χ3n) is 2.83. The molecule has 0 aliphatic heterocycles. The number of pyridine rings is 2. The molecule has 0 saturated carbocycles. The highest BCUT2D eigenvalue weighted by atomic mass is 35.5. The normalized spacial score (nSPS) is 11.8. The summed E-state index contributed by atoms with van der Waals surface area (Å²) in [5, 5.41) is 0.171. The van der Waals surface area contributed by atoms with Gasteiger partial charge in [0, 0.05) is 44.3 Å². The molecule has 0 amide bonds. The van der Waals surface area contributed by atoms with E-state index in [1.54, 1.807) is 6.20 Å². The lowest BCUT2D eigenvalue weighted by Crippen LogP contribution is -2.29. The van der Waals surface area contributed by atoms with Crippen molar-refractivity contribution in [1.29, 1.82) is 0 Å². The lowest BCUT2D eigenvalue weighted by molar-refractivity contribution is 0.471. The number of aromatic nitrogens is 2. The van der Waals surface area contributed by atoms with Gasteiger partial charge < -0.3 is 0 Å². The maximum Gasteiger partial charge on any atom is 0.245 e. The Kier molecular flexibility index (Phi) is 4.69. The smallest absolute Gasteiger partial charge is 0.245 e. The summed E-state index contributed by atoms with van der Waals surface area (Å²) >= 11 is 5.91. The molecule has 0 N–H and O–H groups in total. The Labute approximate surface area is 123 Å². The van der Waals surface area contributed by atoms with Gasteiger partial charge in [0.2, 0.25) is 10.0 Å². The van der Waals surface area contributed by atoms with Crippen molar-refractivity contribution in [2.75, 3.05) is 13.6 Å². The minimum absolute atomic E-state index is 0.0187. The van der Waals surface area contributed by atoms with Crippen molar-refractivity contribution in [3.63, 3.8) is 0 Å². The van der Waals surface area contributed by atoms with Gasteiger partial charge >= 0.3 is 0 Å². The number of hydrogen-bond acceptors (Lipinski definition) is 4. The maximum absolute atomic E-state index is 12.4. The highest BCUT2D eigenvalue weighted by Gasteiger charge is 2.23. The summed E-state index contributed by atoms with van der Waals surface area (Å²) in [5.74, 6) is 0. The minimum atomic E-state index is -3.63. The summed E-state index contributed by atoms with van der Waals surface area (Å²) < 4.78 is 26.0. The first-order valence-electron chi connectivity index (χ1n) is 5.97. The van der Waals surface area contributed by atoms with Crippen LogP contribution in [0, 0.1) is 0 Å². The van der Waals surface area contributed by atoms with Gasteiger partial charge in [-0.25, -0.2) is 12.7 Å². The molecule has 0 aromatic carbocycles. The third kappa shape index (κ3) is 3.33. The molecule has 0 aliphatic rings. The fourth-order valence-corrected chi connectivity index (χ4v) is 3.23. The number of nitrogens with zero attached hydrogens (tertiary/aromatic N) is 3. The van der Waals surface area contributed by atoms with E-state index in [9.17, 15) is 8.42 Å². The minimum Gasteiger partial charge on any atom is -0.263 e. The van der Waals surface area contributed by atoms with Crippen molar-refractivity contribution < 1.29 is 8.42 Å². The van der Waals surface area contributed by atoms with E-state index in [2.05, 4.69) is 9.97 Å². The topological polar surface area (TPSA) is 63.2 Å². The van der Waals surface area contributed by atoms with E-state index in [4.69, 9.17) is 11.6 Å². The fourth-order valence-electron chi connectivity index (χ4n) is 1.66. The molecule has 2 rings (SSSR count). The van der Waals surface area contributed by atoms with E-state index in [1.165, 1.54) is 29.8 Å². The zero-order chi connectivity index (χ0) is 14.6. The van der Waals surface area contributed by atoms with Gasteiger partial charge in [-0.3, -0.25) is 9.97 Å². The molecule has 2 aromatic rings. The lowest BCUT2D eigenvalue weighted by atomic mass is 10.3. The van der Waals surface area contributed by atoms with Crippen LogP contribution in [-0.2, 0) is 16.4 Å². The molecule has 0 aliphatic carbocycles. The Morgan fingerprint density at radius 1 is 1.25 bits per heavy atom. The molecule has 106 valence electrons. The average molecular weight is 312 g/mol. The standard InChI is InChI=1S/C13H14ClN3O2S/c1-17(9-6-11-4-2-3-7-16-11)20(18,19)13-10-15-8-5-12(13)14/h2-5,7-8,10H,6,9H2,1H3. The highest BCUT2D eigenvalue weighted by Crippen LogP contribution is 2.22. The maximum atomic E-state index is 12.4. The van der Waals surface area contributed by atoms with Crippen LogP contribution < -0.4 is 0 Å². The monoisotopic (exact) mass is 311 g/mol. The second-order valence-electron chi connectivity index (χ2n) is 4.20. The van der Waals surface area contributed by atoms with Gasteiger partial charge in [0.15, 0.2) is 0 Å². The molecule has 0 saturated heterocycles. The number of likely N-dealkylation sites (N-methyl/N-ethyl adjacent to an activating group) is 1. The molecule has 7 heteroatoms. The third-order valence-corrected chi connectivity index (χ3v) is 5.16. The Morgan fingerprint density at radius 3 is 2.70 bits per heavy atom. The number of hydrogen-bond donors (Lipinski definition) is 0. The fraction of sp³-hybridized carbons (Fsp3) is 0.231. The Bertz CT molecular complexity index is 677. The summed E-state index contributed by atoms with van der Waals surface area (Å²) in [4.78, 5) is 7.99. The van der Waals surface area contributed by atoms with Gasteiger partial charge in [-0.15, -0.1) is 0 Å². The summed E-state index contributed by atoms with van der Waals surface area (Å²) in [6.45, 7) is 0.324. The van der Waals surface area contributed by atoms with Crippen molar-refractivity contribution in [1.82, 2.24) is 14.3 Å². The predicted octanol–water partition coefficient (Wildman–Crippen LogP) is 1.99. The van der Waals surface area contributed by atoms with Crippen LogP contribution in [0.4, 0.5) is 0 Å². The molecule has 0 fully saturated rings. The molecule has 0 bridgehead atoms. The van der Waals surface area contributed by atoms with E-state index >= 15 is 0 Å². The largest absolute Gasteiger partial charge is 0.263 e. The summed E-state index contributed by atoms with van der Waals surface area (Å²) in [6.07, 6.45) is 4.93. The van der Waals surface area contributed by atoms with Crippen LogP contribution in [0.1, 0.15) is 5.69 Å². The first-order valence-corrected chi connectivity index (χ1v) is 7.79. The van der Waals surface area contributed by atoms with Gasteiger partial charge in [0.25, 0.3) is 0 Å². The van der Waals surface area contributed by atoms with E-state index in [0.717, 1.165) is 5.69 Å². The van der Waals surface area contributed by atoms with Gasteiger partial charge in [0.1, 0.15) is 4.90 Å². The van der Waals surface area contributed by atoms with Crippen LogP contribution in [0.25, 0.3) is 0 Å². The SMILES string of the molecule is CN(CCc1ccccn1)S(=O)(=O)c1cnccc1Cl. The molecular weight excluding hydrogens is 298 g/mol. The summed E-state index contributed by atoms with van der Waals surface area (Å²) in [6, 6.07) is 7.01. The first kappa shape index (κ1) is 14.9. The number of sulfonamides is 1. The zero-order valence-corrected chi connectivity index (χ0v) is 12.5. The summed E-state index contributed by atoms with van der Waals surface area (Å²) in [7, 11) is -2.11. The second kappa shape index (κ2) is 6.30. The average Bonchev–Trinajstić information content (AvgIpc) is 2.46. The van der Waals surface area contributed by atoms with Crippen LogP contribution >= 0.6 is 11.6 Å². The van der Waals surface area contributed by atoms with E-state index in [-0.39, 0.29) is 9.92 Å². The molecule has 2 heterocycles. The van der Waals surface area contributed by atoms with E-state index in [1.807, 2.05) is 18.2 Å². The van der Waals surface area contributed by atoms with Crippen LogP contribution in [0.3, 0.4) is 0 Å². The molecule has 0 radical (unpaired) electrons. The van der Waals surface area contributed by atoms with Crippen molar-refractivity contribution in [2.24, 2.45) is 0 Å². The van der Waals surface area contributed by atoms with Gasteiger partial charge in [0.05, 0.1) is 5.02 Å². The van der Waals surface area contributed by atoms with Crippen LogP contribution in [0.2, 0.25) is 5.02 Å². The molecule has 5 nitrogen and oxygen atoms in total. The summed E-state index contributed by atoms with van der Waals surface area (Å²) in [5.41, 5.74) is 0.840. The van der Waals surface area contributed by atoms with Crippen molar-refractivity contribution in [3.05, 3.63) is 53.6 Å². The van der Waals surface area contributed by atoms with Gasteiger partial charge in [-0.1, -0.05) is 17.7 Å². The van der Waals surface area contributed by atoms with Crippen LogP contribution in [0.5, 0.6) is 0 Å². The van der Waals surface area contributed by atoms with Gasteiger partial charge in [-0.2, -0.15) is 0 Å². The molecule has 2 aromatic heterocycles. The van der Waals surface area contributed by atoms with Crippen LogP contribution in [-0.4, -0.2) is 36.3 Å². The molecule has 20 heavy (non-hydrogen) atoms. The number of halogens is 1. The molecule has 0 atom stereocenters. The Balaban J connectivity index is 2.12. The van der Waals surface area contributed by atoms with Crippen LogP contribution in [0.15, 0.2) is 47.8 Å². The molecule has 0 spiro atoms. The van der Waals surface area contributed by atoms with Crippen molar-refractivity contribution in [3.8, 4) is 0 Å². The molecular formula is C13H14ClN3O2S. The quantitative estimate of drug-likeness (QED) is 0.847. The Morgan fingerprint density at radius 2 is 2.05 bits per heavy atom. The first-order chi connectivity index (χ1) is 9.51. The lowest BCUT2D eigenvalue weighted by Gasteiger charge is -2.17. The zero-order valence-electron chi connectivity index (χ0n) is 10.9. The van der Waals surface area contributed by atoms with Crippen molar-refractivity contribution in [2.45, 2.75) is 11.3 Å². The van der Waals surface area contributed by atoms with E-state index in [0.29, 0.717) is 13.0 Å². The molecule has 0 unspecified atom stereocenters. The van der Waals surface area contributed by atoms with Gasteiger partial charge in [-0.05, 0) is 18.2 Å². The number of rotatable bonds is 5. The second-order valence-corrected chi connectivity index (χ2v) is 6.62. The van der Waals surface area contributed by atoms with E-state index < -0.39 is 10.0 Å². The Hall–Kier alpha value is -1.50. The highest BCUT2D eigenvalue weighted by molar-refractivity contribution is 7.89. The van der Waals surface area contributed by atoms with Crippen molar-refractivity contribution >= 4 is 21.6 Å².